The molecule has 1 saturated heterocycles. The minimum Gasteiger partial charge on any atom is -0.480 e. The fourth-order valence-electron chi connectivity index (χ4n) is 2.28. The molecule has 2 rings (SSSR count). The van der Waals surface area contributed by atoms with Crippen LogP contribution in [-0.2, 0) is 4.79 Å². The molecule has 1 aromatic rings. The molecule has 0 radical (unpaired) electrons. The zero-order chi connectivity index (χ0) is 11.7. The number of carbonyl (C=O) groups is 1. The number of aryl methyl sites for hydroxylation is 2. The van der Waals surface area contributed by atoms with Gasteiger partial charge in [0.05, 0.1) is 6.54 Å². The quantitative estimate of drug-likeness (QED) is 0.881. The Morgan fingerprint density at radius 3 is 2.94 bits per heavy atom. The Kier molecular flexibility index (Phi) is 3.30. The average molecular weight is 239 g/mol. The van der Waals surface area contributed by atoms with Gasteiger partial charge in [0.25, 0.3) is 0 Å². The van der Waals surface area contributed by atoms with Gasteiger partial charge in [-0.05, 0) is 44.9 Å². The number of carboxylic acids is 1. The van der Waals surface area contributed by atoms with Gasteiger partial charge in [-0.3, -0.25) is 9.69 Å². The van der Waals surface area contributed by atoms with Gasteiger partial charge >= 0.3 is 5.97 Å². The van der Waals surface area contributed by atoms with Crippen molar-refractivity contribution in [3.63, 3.8) is 0 Å². The van der Waals surface area contributed by atoms with Crippen LogP contribution in [0.25, 0.3) is 0 Å². The molecule has 0 aromatic carbocycles. The predicted molar refractivity (Wildman–Crippen MR) is 65.0 cm³/mol. The zero-order valence-corrected chi connectivity index (χ0v) is 10.5. The number of rotatable bonds is 3. The first-order chi connectivity index (χ1) is 7.58. The number of hydrogen-bond donors (Lipinski definition) is 1. The molecule has 1 N–H and O–H groups in total. The van der Waals surface area contributed by atoms with Gasteiger partial charge < -0.3 is 5.11 Å². The van der Waals surface area contributed by atoms with Crippen LogP contribution in [0, 0.1) is 13.8 Å². The van der Waals surface area contributed by atoms with Crippen molar-refractivity contribution in [2.24, 2.45) is 0 Å². The maximum atomic E-state index is 10.8. The molecule has 0 amide bonds. The number of carboxylic acid groups (broad SMARTS) is 1. The first-order valence-corrected chi connectivity index (χ1v) is 6.42. The van der Waals surface area contributed by atoms with Crippen molar-refractivity contribution in [1.29, 1.82) is 0 Å². The van der Waals surface area contributed by atoms with Gasteiger partial charge in [-0.25, -0.2) is 0 Å². The number of hydrogen-bond acceptors (Lipinski definition) is 3. The van der Waals surface area contributed by atoms with Crippen LogP contribution in [0.4, 0.5) is 0 Å². The standard InChI is InChI=1S/C12H17NO2S/c1-8-6-11(16-9(8)2)10-4-3-5-13(10)7-12(14)15/h6,10H,3-5,7H2,1-2H3,(H,14,15)/t10-/m0/s1. The molecule has 16 heavy (non-hydrogen) atoms. The average Bonchev–Trinajstić information content (AvgIpc) is 2.74. The first-order valence-electron chi connectivity index (χ1n) is 5.60. The molecule has 4 heteroatoms. The third-order valence-electron chi connectivity index (χ3n) is 3.22. The van der Waals surface area contributed by atoms with Crippen molar-refractivity contribution in [2.75, 3.05) is 13.1 Å². The summed E-state index contributed by atoms with van der Waals surface area (Å²) in [7, 11) is 0. The molecular weight excluding hydrogens is 222 g/mol. The largest absolute Gasteiger partial charge is 0.480 e. The summed E-state index contributed by atoms with van der Waals surface area (Å²) in [5.74, 6) is -0.725. The Morgan fingerprint density at radius 1 is 1.62 bits per heavy atom. The van der Waals surface area contributed by atoms with Crippen molar-refractivity contribution >= 4 is 17.3 Å². The summed E-state index contributed by atoms with van der Waals surface area (Å²) < 4.78 is 0. The van der Waals surface area contributed by atoms with Gasteiger partial charge in [0.1, 0.15) is 0 Å². The highest BCUT2D eigenvalue weighted by Crippen LogP contribution is 2.36. The van der Waals surface area contributed by atoms with Crippen LogP contribution in [0.3, 0.4) is 0 Å². The third kappa shape index (κ3) is 2.28. The SMILES string of the molecule is Cc1cc([C@@H]2CCCN2CC(=O)O)sc1C. The summed E-state index contributed by atoms with van der Waals surface area (Å²) in [5.41, 5.74) is 1.32. The van der Waals surface area contributed by atoms with Gasteiger partial charge in [-0.15, -0.1) is 11.3 Å². The lowest BCUT2D eigenvalue weighted by molar-refractivity contribution is -0.138. The van der Waals surface area contributed by atoms with Crippen LogP contribution in [0.1, 0.15) is 34.2 Å². The van der Waals surface area contributed by atoms with E-state index in [-0.39, 0.29) is 6.54 Å². The van der Waals surface area contributed by atoms with Gasteiger partial charge in [-0.2, -0.15) is 0 Å². The lowest BCUT2D eigenvalue weighted by Crippen LogP contribution is -2.28. The fourth-order valence-corrected chi connectivity index (χ4v) is 3.49. The van der Waals surface area contributed by atoms with Crippen molar-refractivity contribution < 1.29 is 9.90 Å². The van der Waals surface area contributed by atoms with Crippen molar-refractivity contribution in [3.05, 3.63) is 21.4 Å². The van der Waals surface area contributed by atoms with E-state index in [1.54, 1.807) is 0 Å². The highest BCUT2D eigenvalue weighted by molar-refractivity contribution is 7.12. The molecule has 1 aliphatic rings. The Balaban J connectivity index is 2.16. The van der Waals surface area contributed by atoms with E-state index in [9.17, 15) is 4.79 Å². The highest BCUT2D eigenvalue weighted by atomic mass is 32.1. The smallest absolute Gasteiger partial charge is 0.317 e. The van der Waals surface area contributed by atoms with Gasteiger partial charge in [0.15, 0.2) is 0 Å². The van der Waals surface area contributed by atoms with E-state index in [1.165, 1.54) is 15.3 Å². The molecule has 0 saturated carbocycles. The van der Waals surface area contributed by atoms with Crippen molar-refractivity contribution in [1.82, 2.24) is 4.90 Å². The van der Waals surface area contributed by atoms with Crippen molar-refractivity contribution in [3.8, 4) is 0 Å². The summed E-state index contributed by atoms with van der Waals surface area (Å²) in [5, 5.41) is 8.86. The Labute approximate surface area is 99.7 Å². The van der Waals surface area contributed by atoms with E-state index >= 15 is 0 Å². The molecule has 0 spiro atoms. The number of nitrogens with zero attached hydrogens (tertiary/aromatic N) is 1. The highest BCUT2D eigenvalue weighted by Gasteiger charge is 2.28. The van der Waals surface area contributed by atoms with Crippen LogP contribution in [0.2, 0.25) is 0 Å². The summed E-state index contributed by atoms with van der Waals surface area (Å²) >= 11 is 1.81. The number of likely N-dealkylation sites (tertiary alicyclic amines) is 1. The van der Waals surface area contributed by atoms with Crippen LogP contribution in [-0.4, -0.2) is 29.1 Å². The van der Waals surface area contributed by atoms with E-state index in [4.69, 9.17) is 5.11 Å². The second-order valence-electron chi connectivity index (χ2n) is 4.41. The lowest BCUT2D eigenvalue weighted by Gasteiger charge is -2.21. The van der Waals surface area contributed by atoms with Crippen molar-refractivity contribution in [2.45, 2.75) is 32.7 Å². The lowest BCUT2D eigenvalue weighted by atomic mass is 10.1. The molecule has 1 aliphatic heterocycles. The van der Waals surface area contributed by atoms with Crippen LogP contribution in [0.15, 0.2) is 6.07 Å². The van der Waals surface area contributed by atoms with E-state index in [0.717, 1.165) is 19.4 Å². The summed E-state index contributed by atoms with van der Waals surface area (Å²) in [4.78, 5) is 15.5. The Bertz CT molecular complexity index is 380. The minimum absolute atomic E-state index is 0.167. The molecule has 88 valence electrons. The summed E-state index contributed by atoms with van der Waals surface area (Å²) in [6.07, 6.45) is 2.20. The maximum absolute atomic E-state index is 10.8. The van der Waals surface area contributed by atoms with E-state index in [1.807, 2.05) is 11.3 Å². The monoisotopic (exact) mass is 239 g/mol. The summed E-state index contributed by atoms with van der Waals surface area (Å²) in [6, 6.07) is 2.54. The Morgan fingerprint density at radius 2 is 2.38 bits per heavy atom. The van der Waals surface area contributed by atoms with E-state index < -0.39 is 5.97 Å². The third-order valence-corrected chi connectivity index (χ3v) is 4.47. The molecule has 1 aromatic heterocycles. The first kappa shape index (κ1) is 11.6. The molecule has 1 atom stereocenters. The molecular formula is C12H17NO2S. The van der Waals surface area contributed by atoms with E-state index in [0.29, 0.717) is 6.04 Å². The fraction of sp³-hybridized carbons (Fsp3) is 0.583. The second kappa shape index (κ2) is 4.55. The zero-order valence-electron chi connectivity index (χ0n) is 9.69. The molecule has 0 aliphatic carbocycles. The van der Waals surface area contributed by atoms with E-state index in [2.05, 4.69) is 24.8 Å². The Hall–Kier alpha value is -0.870. The van der Waals surface area contributed by atoms with Gasteiger partial charge in [-0.1, -0.05) is 0 Å². The summed E-state index contributed by atoms with van der Waals surface area (Å²) in [6.45, 7) is 5.32. The minimum atomic E-state index is -0.725. The molecule has 3 nitrogen and oxygen atoms in total. The molecule has 1 fully saturated rings. The second-order valence-corrected chi connectivity index (χ2v) is 5.70. The molecule has 0 unspecified atom stereocenters. The topological polar surface area (TPSA) is 40.5 Å². The van der Waals surface area contributed by atoms with Crippen LogP contribution in [0.5, 0.6) is 0 Å². The van der Waals surface area contributed by atoms with Crippen LogP contribution < -0.4 is 0 Å². The van der Waals surface area contributed by atoms with Gasteiger partial charge in [0, 0.05) is 15.8 Å². The molecule has 0 bridgehead atoms. The predicted octanol–water partition coefficient (Wildman–Crippen LogP) is 2.59. The molecule has 2 heterocycles. The number of aliphatic carboxylic acids is 1. The van der Waals surface area contributed by atoms with Crippen LogP contribution >= 0.6 is 11.3 Å². The maximum Gasteiger partial charge on any atom is 0.317 e. The normalized spacial score (nSPS) is 21.5. The van der Waals surface area contributed by atoms with Gasteiger partial charge in [0.2, 0.25) is 0 Å². The number of thiophene rings is 1.